The molecule has 3 rings (SSSR count). The lowest BCUT2D eigenvalue weighted by Crippen LogP contribution is -2.41. The number of hydrogen-bond acceptors (Lipinski definition) is 3. The van der Waals surface area contributed by atoms with Gasteiger partial charge in [-0.2, -0.15) is 0 Å². The Labute approximate surface area is 135 Å². The van der Waals surface area contributed by atoms with E-state index in [0.717, 1.165) is 18.2 Å². The highest BCUT2D eigenvalue weighted by molar-refractivity contribution is 5.78. The second-order valence-electron chi connectivity index (χ2n) is 6.11. The molecule has 5 nitrogen and oxygen atoms in total. The number of fused-ring (bicyclic) bond motifs is 1. The summed E-state index contributed by atoms with van der Waals surface area (Å²) >= 11 is 0. The van der Waals surface area contributed by atoms with E-state index in [4.69, 9.17) is 0 Å². The van der Waals surface area contributed by atoms with Crippen molar-refractivity contribution in [3.05, 3.63) is 47.3 Å². The third-order valence-electron chi connectivity index (χ3n) is 4.48. The lowest BCUT2D eigenvalue weighted by Gasteiger charge is -2.29. The molecule has 0 fully saturated rings. The van der Waals surface area contributed by atoms with Gasteiger partial charge in [-0.3, -0.25) is 4.79 Å². The molecule has 122 valence electrons. The zero-order chi connectivity index (χ0) is 16.4. The summed E-state index contributed by atoms with van der Waals surface area (Å²) in [5.74, 6) is 1.50. The summed E-state index contributed by atoms with van der Waals surface area (Å²) in [5, 5.41) is 8.18. The standard InChI is InChI=1S/C17H21FN4O/c1-12(7-8-14-5-3-4-6-15(14)18)17(23)21-9-10-22-13(2)19-20-16(22)11-21/h3-6,12H,7-11H2,1-2H3. The summed E-state index contributed by atoms with van der Waals surface area (Å²) in [7, 11) is 0. The van der Waals surface area contributed by atoms with Crippen molar-refractivity contribution in [1.82, 2.24) is 19.7 Å². The van der Waals surface area contributed by atoms with Crippen molar-refractivity contribution in [2.45, 2.75) is 39.8 Å². The molecular weight excluding hydrogens is 295 g/mol. The minimum absolute atomic E-state index is 0.105. The molecule has 0 N–H and O–H groups in total. The summed E-state index contributed by atoms with van der Waals surface area (Å²) in [5.41, 5.74) is 0.668. The smallest absolute Gasteiger partial charge is 0.225 e. The SMILES string of the molecule is Cc1nnc2n1CCN(C(=O)C(C)CCc1ccccc1F)C2. The van der Waals surface area contributed by atoms with E-state index in [0.29, 0.717) is 31.5 Å². The molecule has 0 aliphatic carbocycles. The first-order valence-electron chi connectivity index (χ1n) is 7.97. The van der Waals surface area contributed by atoms with Gasteiger partial charge in [-0.15, -0.1) is 10.2 Å². The van der Waals surface area contributed by atoms with E-state index < -0.39 is 0 Å². The fraction of sp³-hybridized carbons (Fsp3) is 0.471. The predicted octanol–water partition coefficient (Wildman–Crippen LogP) is 2.34. The second kappa shape index (κ2) is 6.48. The van der Waals surface area contributed by atoms with Crippen molar-refractivity contribution in [2.24, 2.45) is 5.92 Å². The number of amides is 1. The van der Waals surface area contributed by atoms with Gasteiger partial charge in [0.2, 0.25) is 5.91 Å². The van der Waals surface area contributed by atoms with Gasteiger partial charge < -0.3 is 9.47 Å². The van der Waals surface area contributed by atoms with E-state index >= 15 is 0 Å². The van der Waals surface area contributed by atoms with E-state index in [1.54, 1.807) is 12.1 Å². The van der Waals surface area contributed by atoms with Crippen molar-refractivity contribution < 1.29 is 9.18 Å². The first-order valence-corrected chi connectivity index (χ1v) is 7.97. The minimum atomic E-state index is -0.200. The maximum atomic E-state index is 13.7. The van der Waals surface area contributed by atoms with Crippen molar-refractivity contribution >= 4 is 5.91 Å². The van der Waals surface area contributed by atoms with E-state index in [-0.39, 0.29) is 17.6 Å². The Balaban J connectivity index is 1.59. The van der Waals surface area contributed by atoms with Crippen LogP contribution in [0.3, 0.4) is 0 Å². The quantitative estimate of drug-likeness (QED) is 0.870. The zero-order valence-electron chi connectivity index (χ0n) is 13.5. The van der Waals surface area contributed by atoms with Gasteiger partial charge in [0.15, 0.2) is 5.82 Å². The van der Waals surface area contributed by atoms with Gasteiger partial charge in [0.1, 0.15) is 11.6 Å². The van der Waals surface area contributed by atoms with Crippen molar-refractivity contribution in [3.63, 3.8) is 0 Å². The summed E-state index contributed by atoms with van der Waals surface area (Å²) in [6, 6.07) is 6.74. The van der Waals surface area contributed by atoms with E-state index in [1.165, 1.54) is 6.07 Å². The van der Waals surface area contributed by atoms with Crippen LogP contribution in [0.15, 0.2) is 24.3 Å². The normalized spacial score (nSPS) is 15.3. The molecule has 0 spiro atoms. The van der Waals surface area contributed by atoms with Gasteiger partial charge in [0, 0.05) is 19.0 Å². The summed E-state index contributed by atoms with van der Waals surface area (Å²) < 4.78 is 15.7. The highest BCUT2D eigenvalue weighted by Crippen LogP contribution is 2.18. The van der Waals surface area contributed by atoms with Gasteiger partial charge in [-0.25, -0.2) is 4.39 Å². The van der Waals surface area contributed by atoms with E-state index in [2.05, 4.69) is 10.2 Å². The number of aryl methyl sites for hydroxylation is 2. The molecule has 23 heavy (non-hydrogen) atoms. The number of rotatable bonds is 4. The van der Waals surface area contributed by atoms with Gasteiger partial charge in [-0.1, -0.05) is 25.1 Å². The van der Waals surface area contributed by atoms with Gasteiger partial charge in [0.25, 0.3) is 0 Å². The average Bonchev–Trinajstić information content (AvgIpc) is 2.94. The highest BCUT2D eigenvalue weighted by atomic mass is 19.1. The predicted molar refractivity (Wildman–Crippen MR) is 84.1 cm³/mol. The number of carbonyl (C=O) groups excluding carboxylic acids is 1. The zero-order valence-corrected chi connectivity index (χ0v) is 13.5. The minimum Gasteiger partial charge on any atom is -0.333 e. The molecule has 6 heteroatoms. The van der Waals surface area contributed by atoms with Gasteiger partial charge in [0.05, 0.1) is 6.54 Å². The van der Waals surface area contributed by atoms with Crippen LogP contribution < -0.4 is 0 Å². The lowest BCUT2D eigenvalue weighted by molar-refractivity contribution is -0.136. The molecule has 1 unspecified atom stereocenters. The number of halogens is 1. The molecule has 1 atom stereocenters. The first-order chi connectivity index (χ1) is 11.1. The number of carbonyl (C=O) groups is 1. The fourth-order valence-corrected chi connectivity index (χ4v) is 3.00. The Morgan fingerprint density at radius 2 is 2.09 bits per heavy atom. The lowest BCUT2D eigenvalue weighted by atomic mass is 9.99. The Kier molecular flexibility index (Phi) is 4.41. The molecule has 0 radical (unpaired) electrons. The average molecular weight is 316 g/mol. The summed E-state index contributed by atoms with van der Waals surface area (Å²) in [6.07, 6.45) is 1.21. The van der Waals surface area contributed by atoms with Gasteiger partial charge in [-0.05, 0) is 31.4 Å². The highest BCUT2D eigenvalue weighted by Gasteiger charge is 2.26. The van der Waals surface area contributed by atoms with Crippen LogP contribution in [0.4, 0.5) is 4.39 Å². The van der Waals surface area contributed by atoms with Crippen LogP contribution >= 0.6 is 0 Å². The largest absolute Gasteiger partial charge is 0.333 e. The van der Waals surface area contributed by atoms with Crippen LogP contribution in [-0.4, -0.2) is 32.1 Å². The third kappa shape index (κ3) is 3.25. The number of hydrogen-bond donors (Lipinski definition) is 0. The fourth-order valence-electron chi connectivity index (χ4n) is 3.00. The summed E-state index contributed by atoms with van der Waals surface area (Å²) in [6.45, 7) is 5.75. The van der Waals surface area contributed by atoms with Crippen molar-refractivity contribution in [3.8, 4) is 0 Å². The molecule has 1 aliphatic heterocycles. The molecule has 0 saturated carbocycles. The number of nitrogens with zero attached hydrogens (tertiary/aromatic N) is 4. The van der Waals surface area contributed by atoms with Crippen LogP contribution in [-0.2, 0) is 24.3 Å². The Hall–Kier alpha value is -2.24. The van der Waals surface area contributed by atoms with Crippen LogP contribution in [0.1, 0.15) is 30.6 Å². The molecule has 0 bridgehead atoms. The number of aromatic nitrogens is 3. The van der Waals surface area contributed by atoms with Crippen LogP contribution in [0, 0.1) is 18.7 Å². The van der Waals surface area contributed by atoms with Crippen molar-refractivity contribution in [1.29, 1.82) is 0 Å². The molecule has 1 aliphatic rings. The Morgan fingerprint density at radius 1 is 1.30 bits per heavy atom. The molecule has 1 aromatic carbocycles. The molecule has 0 saturated heterocycles. The van der Waals surface area contributed by atoms with E-state index in [1.807, 2.05) is 29.4 Å². The maximum Gasteiger partial charge on any atom is 0.225 e. The van der Waals surface area contributed by atoms with Crippen molar-refractivity contribution in [2.75, 3.05) is 6.54 Å². The first kappa shape index (κ1) is 15.6. The Bertz CT molecular complexity index is 712. The van der Waals surface area contributed by atoms with Crippen LogP contribution in [0.25, 0.3) is 0 Å². The number of benzene rings is 1. The monoisotopic (exact) mass is 316 g/mol. The topological polar surface area (TPSA) is 51.0 Å². The molecule has 1 aromatic heterocycles. The molecule has 2 heterocycles. The third-order valence-corrected chi connectivity index (χ3v) is 4.48. The second-order valence-corrected chi connectivity index (χ2v) is 6.11. The maximum absolute atomic E-state index is 13.7. The van der Waals surface area contributed by atoms with Crippen LogP contribution in [0.5, 0.6) is 0 Å². The molecule has 2 aromatic rings. The van der Waals surface area contributed by atoms with E-state index in [9.17, 15) is 9.18 Å². The van der Waals surface area contributed by atoms with Gasteiger partial charge >= 0.3 is 0 Å². The summed E-state index contributed by atoms with van der Waals surface area (Å²) in [4.78, 5) is 14.4. The molecular formula is C17H21FN4O. The van der Waals surface area contributed by atoms with Crippen LogP contribution in [0.2, 0.25) is 0 Å². The Morgan fingerprint density at radius 3 is 2.87 bits per heavy atom. The molecule has 1 amide bonds.